The third-order valence-corrected chi connectivity index (χ3v) is 6.63. The molecule has 0 bridgehead atoms. The topological polar surface area (TPSA) is 106 Å². The zero-order valence-electron chi connectivity index (χ0n) is 19.2. The number of carbonyl (C=O) groups is 3. The number of carbonyl (C=O) groups excluding carboxylic acids is 3. The smallest absolute Gasteiger partial charge is 0.355 e. The van der Waals surface area contributed by atoms with Crippen molar-refractivity contribution < 1.29 is 23.9 Å². The molecule has 36 heavy (non-hydrogen) atoms. The van der Waals surface area contributed by atoms with E-state index in [-0.39, 0.29) is 16.4 Å². The Morgan fingerprint density at radius 2 is 1.78 bits per heavy atom. The van der Waals surface area contributed by atoms with E-state index in [1.807, 2.05) is 37.3 Å². The fourth-order valence-corrected chi connectivity index (χ4v) is 4.65. The summed E-state index contributed by atoms with van der Waals surface area (Å²) in [7, 11) is 1.43. The molecule has 0 aliphatic rings. The van der Waals surface area contributed by atoms with Crippen LogP contribution in [-0.4, -0.2) is 31.1 Å². The van der Waals surface area contributed by atoms with Crippen molar-refractivity contribution in [3.8, 4) is 11.5 Å². The highest BCUT2D eigenvalue weighted by Crippen LogP contribution is 2.37. The van der Waals surface area contributed by atoms with Crippen molar-refractivity contribution in [1.29, 1.82) is 0 Å². The van der Waals surface area contributed by atoms with Gasteiger partial charge in [-0.05, 0) is 54.4 Å². The van der Waals surface area contributed by atoms with E-state index in [1.54, 1.807) is 30.3 Å². The first-order chi connectivity index (χ1) is 17.4. The Balaban J connectivity index is 1.40. The number of ether oxygens (including phenoxy) is 2. The summed E-state index contributed by atoms with van der Waals surface area (Å²) in [5, 5.41) is 7.43. The van der Waals surface area contributed by atoms with Gasteiger partial charge in [-0.25, -0.2) is 10.2 Å². The number of rotatable bonds is 6. The average molecular weight is 522 g/mol. The number of aryl methyl sites for hydroxylation is 1. The molecule has 2 N–H and O–H groups in total. The Bertz CT molecular complexity index is 1500. The normalized spacial score (nSPS) is 10.9. The third kappa shape index (κ3) is 5.70. The van der Waals surface area contributed by atoms with Crippen molar-refractivity contribution in [1.82, 2.24) is 5.43 Å². The molecule has 4 rings (SSSR count). The maximum atomic E-state index is 12.8. The Hall–Kier alpha value is -4.21. The second-order valence-corrected chi connectivity index (χ2v) is 8.99. The summed E-state index contributed by atoms with van der Waals surface area (Å²) in [5.41, 5.74) is 4.15. The molecule has 182 valence electrons. The summed E-state index contributed by atoms with van der Waals surface area (Å²) in [6.07, 6.45) is 1.33. The van der Waals surface area contributed by atoms with Crippen LogP contribution in [0.2, 0.25) is 5.02 Å². The van der Waals surface area contributed by atoms with Gasteiger partial charge in [0.2, 0.25) is 0 Å². The lowest BCUT2D eigenvalue weighted by atomic mass is 10.2. The Morgan fingerprint density at radius 3 is 2.53 bits per heavy atom. The van der Waals surface area contributed by atoms with Crippen LogP contribution >= 0.6 is 22.9 Å². The summed E-state index contributed by atoms with van der Waals surface area (Å²) >= 11 is 7.62. The fourth-order valence-electron chi connectivity index (χ4n) is 3.27. The SMILES string of the molecule is COc1cc(/C=N\NC(=O)C(=O)Nc2cccc(C)c2)ccc1OC(=O)c1sc2ccccc2c1Cl. The molecule has 8 nitrogen and oxygen atoms in total. The summed E-state index contributed by atoms with van der Waals surface area (Å²) in [6, 6.07) is 19.2. The maximum absolute atomic E-state index is 12.8. The molecule has 0 atom stereocenters. The standard InChI is InChI=1S/C26H20ClN3O5S/c1-15-6-5-7-17(12-15)29-24(31)25(32)30-28-14-16-10-11-19(20(13-16)34-2)35-26(33)23-22(27)18-8-3-4-9-21(18)36-23/h3-14H,1-2H3,(H,29,31)(H,30,32)/b28-14-. The van der Waals surface area contributed by atoms with Crippen LogP contribution in [0.15, 0.2) is 71.8 Å². The number of hydrogen-bond donors (Lipinski definition) is 2. The molecule has 0 unspecified atom stereocenters. The van der Waals surface area contributed by atoms with Crippen LogP contribution in [0.3, 0.4) is 0 Å². The number of methoxy groups -OCH3 is 1. The van der Waals surface area contributed by atoms with Gasteiger partial charge in [0, 0.05) is 15.8 Å². The minimum absolute atomic E-state index is 0.190. The number of halogens is 1. The van der Waals surface area contributed by atoms with Gasteiger partial charge in [0.05, 0.1) is 18.3 Å². The molecule has 4 aromatic rings. The number of hydrazone groups is 1. The molecule has 0 saturated carbocycles. The van der Waals surface area contributed by atoms with Crippen LogP contribution in [0.1, 0.15) is 20.8 Å². The van der Waals surface area contributed by atoms with Gasteiger partial charge in [-0.3, -0.25) is 9.59 Å². The molecule has 0 aliphatic heterocycles. The average Bonchev–Trinajstić information content (AvgIpc) is 3.21. The third-order valence-electron chi connectivity index (χ3n) is 4.97. The number of hydrogen-bond acceptors (Lipinski definition) is 7. The van der Waals surface area contributed by atoms with Gasteiger partial charge in [-0.15, -0.1) is 11.3 Å². The highest BCUT2D eigenvalue weighted by Gasteiger charge is 2.20. The Kier molecular flexibility index (Phi) is 7.62. The number of nitrogens with zero attached hydrogens (tertiary/aromatic N) is 1. The van der Waals surface area contributed by atoms with Gasteiger partial charge >= 0.3 is 17.8 Å². The van der Waals surface area contributed by atoms with E-state index in [9.17, 15) is 14.4 Å². The molecule has 0 spiro atoms. The number of nitrogens with one attached hydrogen (secondary N) is 2. The highest BCUT2D eigenvalue weighted by molar-refractivity contribution is 7.21. The van der Waals surface area contributed by atoms with Gasteiger partial charge in [-0.1, -0.05) is 41.9 Å². The van der Waals surface area contributed by atoms with Crippen LogP contribution in [0, 0.1) is 6.92 Å². The van der Waals surface area contributed by atoms with E-state index in [0.717, 1.165) is 15.6 Å². The molecular weight excluding hydrogens is 502 g/mol. The van der Waals surface area contributed by atoms with Crippen molar-refractivity contribution in [2.45, 2.75) is 6.92 Å². The molecule has 1 heterocycles. The molecule has 0 radical (unpaired) electrons. The second kappa shape index (κ2) is 11.0. The first-order valence-corrected chi connectivity index (χ1v) is 11.8. The maximum Gasteiger partial charge on any atom is 0.355 e. The number of fused-ring (bicyclic) bond motifs is 1. The molecular formula is C26H20ClN3O5S. The quantitative estimate of drug-likeness (QED) is 0.119. The van der Waals surface area contributed by atoms with E-state index in [0.29, 0.717) is 16.3 Å². The van der Waals surface area contributed by atoms with Crippen LogP contribution in [0.5, 0.6) is 11.5 Å². The first-order valence-electron chi connectivity index (χ1n) is 10.6. The predicted octanol–water partition coefficient (Wildman–Crippen LogP) is 5.18. The van der Waals surface area contributed by atoms with Crippen LogP contribution < -0.4 is 20.2 Å². The van der Waals surface area contributed by atoms with Crippen LogP contribution in [-0.2, 0) is 9.59 Å². The predicted molar refractivity (Wildman–Crippen MR) is 140 cm³/mol. The summed E-state index contributed by atoms with van der Waals surface area (Å²) in [4.78, 5) is 37.1. The van der Waals surface area contributed by atoms with Crippen molar-refractivity contribution in [2.24, 2.45) is 5.10 Å². The Labute approximate surface area is 215 Å². The molecule has 3 aromatic carbocycles. The van der Waals surface area contributed by atoms with E-state index < -0.39 is 17.8 Å². The van der Waals surface area contributed by atoms with Crippen molar-refractivity contribution in [3.63, 3.8) is 0 Å². The molecule has 0 aliphatic carbocycles. The zero-order chi connectivity index (χ0) is 25.7. The van der Waals surface area contributed by atoms with Gasteiger partial charge in [-0.2, -0.15) is 5.10 Å². The van der Waals surface area contributed by atoms with Gasteiger partial charge < -0.3 is 14.8 Å². The number of anilines is 1. The van der Waals surface area contributed by atoms with Crippen molar-refractivity contribution in [3.05, 3.63) is 87.8 Å². The van der Waals surface area contributed by atoms with Crippen molar-refractivity contribution in [2.75, 3.05) is 12.4 Å². The van der Waals surface area contributed by atoms with Crippen LogP contribution in [0.25, 0.3) is 10.1 Å². The summed E-state index contributed by atoms with van der Waals surface area (Å²) < 4.78 is 11.7. The second-order valence-electron chi connectivity index (χ2n) is 7.56. The Morgan fingerprint density at radius 1 is 0.972 bits per heavy atom. The number of thiophene rings is 1. The lowest BCUT2D eigenvalue weighted by Crippen LogP contribution is -2.32. The minimum atomic E-state index is -0.925. The number of benzene rings is 3. The minimum Gasteiger partial charge on any atom is -0.493 e. The summed E-state index contributed by atoms with van der Waals surface area (Å²) in [6.45, 7) is 1.87. The monoisotopic (exact) mass is 521 g/mol. The van der Waals surface area contributed by atoms with Gasteiger partial charge in [0.15, 0.2) is 11.5 Å². The van der Waals surface area contributed by atoms with Crippen molar-refractivity contribution >= 4 is 62.7 Å². The molecule has 0 fully saturated rings. The lowest BCUT2D eigenvalue weighted by Gasteiger charge is -2.09. The molecule has 0 saturated heterocycles. The summed E-state index contributed by atoms with van der Waals surface area (Å²) in [5.74, 6) is -1.92. The van der Waals surface area contributed by atoms with E-state index in [4.69, 9.17) is 21.1 Å². The molecule has 2 amide bonds. The van der Waals surface area contributed by atoms with Gasteiger partial charge in [0.25, 0.3) is 0 Å². The van der Waals surface area contributed by atoms with E-state index in [2.05, 4.69) is 15.8 Å². The molecule has 1 aromatic heterocycles. The highest BCUT2D eigenvalue weighted by atomic mass is 35.5. The zero-order valence-corrected chi connectivity index (χ0v) is 20.8. The lowest BCUT2D eigenvalue weighted by molar-refractivity contribution is -0.136. The number of amides is 2. The van der Waals surface area contributed by atoms with Gasteiger partial charge in [0.1, 0.15) is 4.88 Å². The van der Waals surface area contributed by atoms with Crippen LogP contribution in [0.4, 0.5) is 5.69 Å². The van der Waals surface area contributed by atoms with E-state index >= 15 is 0 Å². The first kappa shape index (κ1) is 24.9. The number of esters is 1. The van der Waals surface area contributed by atoms with E-state index in [1.165, 1.54) is 30.7 Å². The fraction of sp³-hybridized carbons (Fsp3) is 0.0769. The molecule has 10 heteroatoms. The largest absolute Gasteiger partial charge is 0.493 e.